The van der Waals surface area contributed by atoms with Gasteiger partial charge in [0.05, 0.1) is 38.2 Å². The number of carbonyl (C=O) groups excluding carboxylic acids is 1. The van der Waals surface area contributed by atoms with E-state index in [-0.39, 0.29) is 35.2 Å². The first-order valence-corrected chi connectivity index (χ1v) is 16.0. The second-order valence-electron chi connectivity index (χ2n) is 10.6. The monoisotopic (exact) mass is 641 g/mol. The second-order valence-corrected chi connectivity index (χ2v) is 13.4. The van der Waals surface area contributed by atoms with E-state index < -0.39 is 26.7 Å². The predicted octanol–water partition coefficient (Wildman–Crippen LogP) is 4.17. The van der Waals surface area contributed by atoms with E-state index in [1.54, 1.807) is 4.90 Å². The average Bonchev–Trinajstić information content (AvgIpc) is 3.38. The highest BCUT2D eigenvalue weighted by Gasteiger charge is 2.31. The Hall–Kier alpha value is -3.18. The molecule has 0 atom stereocenters. The average molecular weight is 642 g/mol. The number of benzene rings is 2. The summed E-state index contributed by atoms with van der Waals surface area (Å²) in [5.41, 5.74) is -0.577. The van der Waals surface area contributed by atoms with Crippen molar-refractivity contribution in [2.45, 2.75) is 55.4 Å². The van der Waals surface area contributed by atoms with Gasteiger partial charge in [0.25, 0.3) is 5.69 Å². The van der Waals surface area contributed by atoms with E-state index in [0.717, 1.165) is 29.3 Å². The first-order chi connectivity index (χ1) is 20.4. The lowest BCUT2D eigenvalue weighted by Crippen LogP contribution is -2.49. The van der Waals surface area contributed by atoms with Gasteiger partial charge in [-0.05, 0) is 56.0 Å². The van der Waals surface area contributed by atoms with Crippen LogP contribution < -0.4 is 4.72 Å². The number of thiazole rings is 1. The number of non-ortho nitro benzene ring substituents is 1. The molecule has 43 heavy (non-hydrogen) atoms. The number of fused-ring (bicyclic) bond motifs is 1. The smallest absolute Gasteiger partial charge is 0.368 e. The minimum atomic E-state index is -4.41. The molecule has 0 radical (unpaired) electrons. The van der Waals surface area contributed by atoms with E-state index >= 15 is 0 Å². The molecule has 16 heteroatoms. The van der Waals surface area contributed by atoms with Gasteiger partial charge >= 0.3 is 6.18 Å². The zero-order valence-corrected chi connectivity index (χ0v) is 24.6. The zero-order chi connectivity index (χ0) is 30.8. The van der Waals surface area contributed by atoms with Crippen LogP contribution in [0.25, 0.3) is 10.2 Å². The number of carbonyl (C=O) groups is 1. The van der Waals surface area contributed by atoms with Gasteiger partial charge in [-0.3, -0.25) is 19.8 Å². The molecule has 11 nitrogen and oxygen atoms in total. The van der Waals surface area contributed by atoms with Crippen molar-refractivity contribution in [1.29, 1.82) is 0 Å². The van der Waals surface area contributed by atoms with E-state index in [9.17, 15) is 36.5 Å². The van der Waals surface area contributed by atoms with Crippen LogP contribution in [0.15, 0.2) is 47.4 Å². The molecule has 0 spiro atoms. The Kier molecular flexibility index (Phi) is 9.31. The van der Waals surface area contributed by atoms with Crippen LogP contribution >= 0.6 is 11.3 Å². The number of aromatic nitrogens is 1. The van der Waals surface area contributed by atoms with Crippen molar-refractivity contribution in [2.75, 3.05) is 32.8 Å². The zero-order valence-electron chi connectivity index (χ0n) is 23.0. The van der Waals surface area contributed by atoms with Crippen LogP contribution in [0.1, 0.15) is 36.3 Å². The summed E-state index contributed by atoms with van der Waals surface area (Å²) in [5.74, 6) is -0.125. The molecule has 1 aliphatic carbocycles. The first-order valence-electron chi connectivity index (χ1n) is 13.7. The number of hydrogen-bond donors (Lipinski definition) is 1. The molecule has 1 N–H and O–H groups in total. The van der Waals surface area contributed by atoms with E-state index in [1.807, 2.05) is 0 Å². The summed E-state index contributed by atoms with van der Waals surface area (Å²) in [6.07, 6.45) is -2.34. The highest BCUT2D eigenvalue weighted by Crippen LogP contribution is 2.33. The molecule has 1 amide bonds. The van der Waals surface area contributed by atoms with Gasteiger partial charge in [0, 0.05) is 44.4 Å². The van der Waals surface area contributed by atoms with Gasteiger partial charge in [-0.1, -0.05) is 0 Å². The van der Waals surface area contributed by atoms with Gasteiger partial charge in [0.15, 0.2) is 0 Å². The van der Waals surface area contributed by atoms with Gasteiger partial charge in [-0.15, -0.1) is 11.3 Å². The van der Waals surface area contributed by atoms with Gasteiger partial charge in [-0.25, -0.2) is 18.1 Å². The maximum absolute atomic E-state index is 13.0. The molecule has 0 bridgehead atoms. The Bertz CT molecular complexity index is 1570. The number of nitro groups is 1. The third-order valence-electron chi connectivity index (χ3n) is 7.64. The molecule has 1 saturated carbocycles. The molecule has 2 fully saturated rings. The standard InChI is InChI=1S/C27H30F3N5O6S2/c28-27(29,30)18-1-10-24-23(15-18)31-25(42-24)16-33-11-13-34(14-12-33)26(36)17-41-21-6-2-19(3-7-21)32-43(39,40)22-8-4-20(5-9-22)35(37)38/h1,4-5,8-10,15,19,21,32H,2-3,6-7,11-14,16-17H2/t19-,21-. The number of ether oxygens (including phenoxy) is 1. The Morgan fingerprint density at radius 2 is 1.74 bits per heavy atom. The fourth-order valence-electron chi connectivity index (χ4n) is 5.23. The van der Waals surface area contributed by atoms with Crippen LogP contribution in [0, 0.1) is 10.1 Å². The number of nitro benzene ring substituents is 1. The van der Waals surface area contributed by atoms with Crippen LogP contribution in [0.4, 0.5) is 18.9 Å². The number of nitrogens with zero attached hydrogens (tertiary/aromatic N) is 4. The molecule has 1 saturated heterocycles. The van der Waals surface area contributed by atoms with Crippen molar-refractivity contribution in [2.24, 2.45) is 0 Å². The fraction of sp³-hybridized carbons (Fsp3) is 0.481. The van der Waals surface area contributed by atoms with Crippen LogP contribution in [0.5, 0.6) is 0 Å². The Morgan fingerprint density at radius 3 is 2.37 bits per heavy atom. The molecule has 2 aliphatic rings. The number of halogens is 3. The number of rotatable bonds is 9. The van der Waals surface area contributed by atoms with Crippen molar-refractivity contribution in [1.82, 2.24) is 19.5 Å². The second kappa shape index (κ2) is 12.8. The van der Waals surface area contributed by atoms with Crippen LogP contribution in [-0.2, 0) is 32.3 Å². The number of nitrogens with one attached hydrogen (secondary N) is 1. The Balaban J connectivity index is 1.02. The van der Waals surface area contributed by atoms with Gasteiger partial charge in [0.2, 0.25) is 15.9 Å². The molecule has 232 valence electrons. The molecule has 2 aromatic carbocycles. The summed E-state index contributed by atoms with van der Waals surface area (Å²) < 4.78 is 73.5. The number of piperazine rings is 1. The summed E-state index contributed by atoms with van der Waals surface area (Å²) in [7, 11) is -3.82. The number of alkyl halides is 3. The van der Waals surface area contributed by atoms with E-state index in [0.29, 0.717) is 68.6 Å². The minimum Gasteiger partial charge on any atom is -0.368 e. The Labute approximate surface area is 249 Å². The van der Waals surface area contributed by atoms with E-state index in [1.165, 1.54) is 29.5 Å². The van der Waals surface area contributed by atoms with Gasteiger partial charge in [0.1, 0.15) is 11.6 Å². The van der Waals surface area contributed by atoms with Crippen LogP contribution in [0.2, 0.25) is 0 Å². The molecule has 2 heterocycles. The molecular formula is C27H30F3N5O6S2. The molecule has 3 aromatic rings. The summed E-state index contributed by atoms with van der Waals surface area (Å²) >= 11 is 1.36. The highest BCUT2D eigenvalue weighted by molar-refractivity contribution is 7.89. The predicted molar refractivity (Wildman–Crippen MR) is 152 cm³/mol. The summed E-state index contributed by atoms with van der Waals surface area (Å²) in [5, 5.41) is 11.5. The summed E-state index contributed by atoms with van der Waals surface area (Å²) in [6.45, 7) is 2.65. The fourth-order valence-corrected chi connectivity index (χ4v) is 7.52. The molecule has 1 aliphatic heterocycles. The van der Waals surface area contributed by atoms with Crippen molar-refractivity contribution in [3.63, 3.8) is 0 Å². The molecule has 1 aromatic heterocycles. The van der Waals surface area contributed by atoms with Crippen molar-refractivity contribution >= 4 is 43.2 Å². The van der Waals surface area contributed by atoms with Crippen molar-refractivity contribution < 1.29 is 36.0 Å². The Morgan fingerprint density at radius 1 is 1.07 bits per heavy atom. The molecule has 5 rings (SSSR count). The van der Waals surface area contributed by atoms with Crippen LogP contribution in [0.3, 0.4) is 0 Å². The lowest BCUT2D eigenvalue weighted by Gasteiger charge is -2.35. The molecule has 0 unspecified atom stereocenters. The maximum Gasteiger partial charge on any atom is 0.416 e. The number of sulfonamides is 1. The van der Waals surface area contributed by atoms with E-state index in [4.69, 9.17) is 4.74 Å². The third-order valence-corrected chi connectivity index (χ3v) is 10.2. The largest absolute Gasteiger partial charge is 0.416 e. The number of hydrogen-bond acceptors (Lipinski definition) is 9. The topological polar surface area (TPSA) is 135 Å². The van der Waals surface area contributed by atoms with Crippen molar-refractivity contribution in [3.05, 3.63) is 63.1 Å². The summed E-state index contributed by atoms with van der Waals surface area (Å²) in [4.78, 5) is 31.2. The van der Waals surface area contributed by atoms with Gasteiger partial charge < -0.3 is 9.64 Å². The first kappa shape index (κ1) is 31.3. The normalized spacial score (nSPS) is 20.4. The summed E-state index contributed by atoms with van der Waals surface area (Å²) in [6, 6.07) is 7.99. The highest BCUT2D eigenvalue weighted by atomic mass is 32.2. The molecular weight excluding hydrogens is 611 g/mol. The van der Waals surface area contributed by atoms with Crippen LogP contribution in [-0.4, -0.2) is 79.0 Å². The quantitative estimate of drug-likeness (QED) is 0.272. The maximum atomic E-state index is 13.0. The number of amides is 1. The third kappa shape index (κ3) is 7.86. The SMILES string of the molecule is O=C(CO[C@H]1CC[C@H](NS(=O)(=O)c2ccc([N+](=O)[O-])cc2)CC1)N1CCN(Cc2nc3cc(C(F)(F)F)ccc3s2)CC1. The van der Waals surface area contributed by atoms with E-state index in [2.05, 4.69) is 14.6 Å². The minimum absolute atomic E-state index is 0.0400. The van der Waals surface area contributed by atoms with Gasteiger partial charge in [-0.2, -0.15) is 13.2 Å². The lowest BCUT2D eigenvalue weighted by atomic mass is 9.94. The van der Waals surface area contributed by atoms with Crippen molar-refractivity contribution in [3.8, 4) is 0 Å². The lowest BCUT2D eigenvalue weighted by molar-refractivity contribution is -0.384.